The van der Waals surface area contributed by atoms with Crippen LogP contribution in [0.5, 0.6) is 0 Å². The van der Waals surface area contributed by atoms with Crippen LogP contribution in [0.25, 0.3) is 0 Å². The monoisotopic (exact) mass is 302 g/mol. The molecule has 0 saturated carbocycles. The van der Waals surface area contributed by atoms with Crippen molar-refractivity contribution >= 4 is 29.1 Å². The predicted molar refractivity (Wildman–Crippen MR) is 80.9 cm³/mol. The first-order valence-corrected chi connectivity index (χ1v) is 8.12. The molecule has 0 fully saturated rings. The molecule has 108 valence electrons. The van der Waals surface area contributed by atoms with Crippen LogP contribution in [-0.2, 0) is 9.53 Å². The molecule has 0 radical (unpaired) electrons. The molecule has 19 heavy (non-hydrogen) atoms. The van der Waals surface area contributed by atoms with Crippen molar-refractivity contribution in [3.63, 3.8) is 0 Å². The van der Waals surface area contributed by atoms with Gasteiger partial charge in [-0.15, -0.1) is 11.3 Å². The van der Waals surface area contributed by atoms with Crippen LogP contribution in [0.4, 0.5) is 0 Å². The molecule has 1 heterocycles. The quantitative estimate of drug-likeness (QED) is 0.620. The lowest BCUT2D eigenvalue weighted by Crippen LogP contribution is -2.50. The molecule has 0 saturated heterocycles. The number of hydrogen-bond acceptors (Lipinski definition) is 6. The molecule has 0 aliphatic carbocycles. The van der Waals surface area contributed by atoms with Crippen molar-refractivity contribution < 1.29 is 9.53 Å². The summed E-state index contributed by atoms with van der Waals surface area (Å²) in [6.07, 6.45) is 0.700. The van der Waals surface area contributed by atoms with E-state index < -0.39 is 5.54 Å². The Labute approximate surface area is 123 Å². The van der Waals surface area contributed by atoms with Crippen molar-refractivity contribution in [2.24, 2.45) is 0 Å². The minimum absolute atomic E-state index is 0.194. The molecule has 6 heteroatoms. The van der Waals surface area contributed by atoms with Crippen LogP contribution in [0.2, 0.25) is 0 Å². The van der Waals surface area contributed by atoms with Crippen LogP contribution in [0.15, 0.2) is 9.72 Å². The van der Waals surface area contributed by atoms with Gasteiger partial charge in [-0.05, 0) is 34.2 Å². The molecule has 0 aliphatic heterocycles. The average Bonchev–Trinajstić information content (AvgIpc) is 2.74. The smallest absolute Gasteiger partial charge is 0.326 e. The molecule has 1 N–H and O–H groups in total. The maximum absolute atomic E-state index is 12.0. The first-order valence-electron chi connectivity index (χ1n) is 6.36. The zero-order valence-corrected chi connectivity index (χ0v) is 13.8. The maximum Gasteiger partial charge on any atom is 0.326 e. The Bertz CT molecular complexity index is 423. The Morgan fingerprint density at radius 1 is 1.68 bits per heavy atom. The number of aromatic nitrogens is 1. The summed E-state index contributed by atoms with van der Waals surface area (Å²) in [5.74, 6) is -0.194. The predicted octanol–water partition coefficient (Wildman–Crippen LogP) is 2.86. The minimum Gasteiger partial charge on any atom is -0.465 e. The molecule has 2 unspecified atom stereocenters. The molecular formula is C13H22N2O2S2. The highest BCUT2D eigenvalue weighted by Gasteiger charge is 2.34. The van der Waals surface area contributed by atoms with Crippen molar-refractivity contribution in [3.8, 4) is 0 Å². The van der Waals surface area contributed by atoms with Crippen molar-refractivity contribution in [3.05, 3.63) is 11.1 Å². The van der Waals surface area contributed by atoms with Gasteiger partial charge in [-0.1, -0.05) is 18.7 Å². The number of nitrogens with zero attached hydrogens (tertiary/aromatic N) is 1. The number of esters is 1. The van der Waals surface area contributed by atoms with E-state index in [-0.39, 0.29) is 11.2 Å². The lowest BCUT2D eigenvalue weighted by molar-refractivity contribution is -0.150. The Hall–Kier alpha value is -0.590. The van der Waals surface area contributed by atoms with Crippen molar-refractivity contribution in [1.82, 2.24) is 10.3 Å². The number of rotatable bonds is 7. The lowest BCUT2D eigenvalue weighted by Gasteiger charge is -2.29. The van der Waals surface area contributed by atoms with E-state index in [4.69, 9.17) is 4.74 Å². The van der Waals surface area contributed by atoms with Gasteiger partial charge >= 0.3 is 5.97 Å². The number of carbonyl (C=O) groups excluding carboxylic acids is 1. The SMILES string of the molecule is CCOC(=O)C(C)(CC(C)Sc1nc(C)cs1)NC. The molecule has 0 amide bonds. The lowest BCUT2D eigenvalue weighted by atomic mass is 9.96. The highest BCUT2D eigenvalue weighted by atomic mass is 32.2. The molecule has 1 aromatic rings. The third-order valence-corrected chi connectivity index (χ3v) is 5.06. The van der Waals surface area contributed by atoms with E-state index in [0.29, 0.717) is 13.0 Å². The van der Waals surface area contributed by atoms with Gasteiger partial charge in [0.15, 0.2) is 0 Å². The maximum atomic E-state index is 12.0. The minimum atomic E-state index is -0.644. The van der Waals surface area contributed by atoms with Gasteiger partial charge in [-0.25, -0.2) is 4.98 Å². The van der Waals surface area contributed by atoms with Crippen molar-refractivity contribution in [2.75, 3.05) is 13.7 Å². The number of ether oxygens (including phenoxy) is 1. The van der Waals surface area contributed by atoms with Gasteiger partial charge in [0, 0.05) is 16.3 Å². The van der Waals surface area contributed by atoms with Gasteiger partial charge in [-0.3, -0.25) is 4.79 Å². The van der Waals surface area contributed by atoms with Crippen LogP contribution in [0.3, 0.4) is 0 Å². The van der Waals surface area contributed by atoms with E-state index in [0.717, 1.165) is 10.0 Å². The summed E-state index contributed by atoms with van der Waals surface area (Å²) in [7, 11) is 1.79. The molecule has 0 aliphatic rings. The number of nitrogens with one attached hydrogen (secondary N) is 1. The summed E-state index contributed by atoms with van der Waals surface area (Å²) in [4.78, 5) is 16.4. The second-order valence-corrected chi connectivity index (χ2v) is 7.23. The number of carbonyl (C=O) groups is 1. The van der Waals surface area contributed by atoms with Gasteiger partial charge in [-0.2, -0.15) is 0 Å². The van der Waals surface area contributed by atoms with Gasteiger partial charge in [0.25, 0.3) is 0 Å². The van der Waals surface area contributed by atoms with E-state index in [1.165, 1.54) is 0 Å². The first-order chi connectivity index (χ1) is 8.91. The Morgan fingerprint density at radius 2 is 2.37 bits per heavy atom. The topological polar surface area (TPSA) is 51.2 Å². The zero-order valence-electron chi connectivity index (χ0n) is 12.1. The first kappa shape index (κ1) is 16.5. The summed E-state index contributed by atoms with van der Waals surface area (Å²) in [5, 5.41) is 5.40. The van der Waals surface area contributed by atoms with Gasteiger partial charge in [0.05, 0.1) is 6.61 Å². The summed E-state index contributed by atoms with van der Waals surface area (Å²) < 4.78 is 6.18. The van der Waals surface area contributed by atoms with Crippen LogP contribution in [0, 0.1) is 6.92 Å². The van der Waals surface area contributed by atoms with E-state index >= 15 is 0 Å². The molecule has 2 atom stereocenters. The second kappa shape index (κ2) is 7.26. The van der Waals surface area contributed by atoms with Crippen molar-refractivity contribution in [2.45, 2.75) is 49.2 Å². The van der Waals surface area contributed by atoms with Gasteiger partial charge in [0.1, 0.15) is 9.88 Å². The normalized spacial score (nSPS) is 15.8. The fraction of sp³-hybridized carbons (Fsp3) is 0.692. The van der Waals surface area contributed by atoms with Crippen LogP contribution in [0.1, 0.15) is 32.9 Å². The molecular weight excluding hydrogens is 280 g/mol. The molecule has 0 aromatic carbocycles. The second-order valence-electron chi connectivity index (χ2n) is 4.69. The van der Waals surface area contributed by atoms with Crippen molar-refractivity contribution in [1.29, 1.82) is 0 Å². The zero-order chi connectivity index (χ0) is 14.5. The van der Waals surface area contributed by atoms with Crippen LogP contribution >= 0.6 is 23.1 Å². The summed E-state index contributed by atoms with van der Waals surface area (Å²) >= 11 is 3.35. The van der Waals surface area contributed by atoms with E-state index in [1.54, 1.807) is 30.1 Å². The largest absolute Gasteiger partial charge is 0.465 e. The number of hydrogen-bond donors (Lipinski definition) is 1. The summed E-state index contributed by atoms with van der Waals surface area (Å²) in [5.41, 5.74) is 0.399. The molecule has 0 spiro atoms. The Balaban J connectivity index is 2.62. The molecule has 4 nitrogen and oxygen atoms in total. The third kappa shape index (κ3) is 4.78. The van der Waals surface area contributed by atoms with E-state index in [1.807, 2.05) is 26.2 Å². The van der Waals surface area contributed by atoms with Gasteiger partial charge < -0.3 is 10.1 Å². The third-order valence-electron chi connectivity index (χ3n) is 2.87. The molecule has 0 bridgehead atoms. The fourth-order valence-corrected chi connectivity index (χ4v) is 4.09. The van der Waals surface area contributed by atoms with Crippen LogP contribution in [-0.4, -0.2) is 35.4 Å². The van der Waals surface area contributed by atoms with Crippen LogP contribution < -0.4 is 5.32 Å². The fourth-order valence-electron chi connectivity index (χ4n) is 1.75. The van der Waals surface area contributed by atoms with Gasteiger partial charge in [0.2, 0.25) is 0 Å². The van der Waals surface area contributed by atoms with E-state index in [9.17, 15) is 4.79 Å². The average molecular weight is 302 g/mol. The number of thioether (sulfide) groups is 1. The summed E-state index contributed by atoms with van der Waals surface area (Å²) in [6, 6.07) is 0. The number of aryl methyl sites for hydroxylation is 1. The molecule has 1 rings (SSSR count). The Morgan fingerprint density at radius 3 is 2.84 bits per heavy atom. The number of likely N-dealkylation sites (N-methyl/N-ethyl adjacent to an activating group) is 1. The summed E-state index contributed by atoms with van der Waals surface area (Å²) in [6.45, 7) is 8.21. The van der Waals surface area contributed by atoms with E-state index in [2.05, 4.69) is 17.2 Å². The number of thiazole rings is 1. The highest BCUT2D eigenvalue weighted by molar-refractivity contribution is 8.01. The highest BCUT2D eigenvalue weighted by Crippen LogP contribution is 2.31. The Kier molecular flexibility index (Phi) is 6.29. The molecule has 1 aromatic heterocycles. The standard InChI is InChI=1S/C13H22N2O2S2/c1-6-17-11(16)13(4,14-5)7-10(3)19-12-15-9(2)8-18-12/h8,10,14H,6-7H2,1-5H3.